The van der Waals surface area contributed by atoms with Gasteiger partial charge >= 0.3 is 5.97 Å². The molecule has 0 radical (unpaired) electrons. The van der Waals surface area contributed by atoms with Crippen LogP contribution >= 0.6 is 0 Å². The van der Waals surface area contributed by atoms with Crippen LogP contribution in [0.25, 0.3) is 11.1 Å². The van der Waals surface area contributed by atoms with Crippen LogP contribution in [0, 0.1) is 5.41 Å². The molecule has 0 aliphatic heterocycles. The molecule has 0 atom stereocenters. The van der Waals surface area contributed by atoms with Crippen LogP contribution in [0.4, 0.5) is 5.69 Å². The van der Waals surface area contributed by atoms with E-state index in [0.29, 0.717) is 28.6 Å². The molecule has 0 spiro atoms. The highest BCUT2D eigenvalue weighted by molar-refractivity contribution is 7.85. The van der Waals surface area contributed by atoms with Crippen LogP contribution in [0.15, 0.2) is 66.7 Å². The van der Waals surface area contributed by atoms with Crippen LogP contribution in [-0.4, -0.2) is 47.2 Å². The predicted octanol–water partition coefficient (Wildman–Crippen LogP) is 2.80. The lowest BCUT2D eigenvalue weighted by Gasteiger charge is -2.13. The number of aromatic carboxylic acids is 1. The summed E-state index contributed by atoms with van der Waals surface area (Å²) in [5, 5.41) is 29.4. The van der Waals surface area contributed by atoms with Crippen molar-refractivity contribution >= 4 is 33.5 Å². The van der Waals surface area contributed by atoms with E-state index in [1.807, 2.05) is 0 Å². The summed E-state index contributed by atoms with van der Waals surface area (Å²) in [6.45, 7) is 0. The second kappa shape index (κ2) is 10.4. The molecule has 0 saturated carbocycles. The Morgan fingerprint density at radius 3 is 2.03 bits per heavy atom. The number of phenols is 1. The first-order chi connectivity index (χ1) is 15.4. The summed E-state index contributed by atoms with van der Waals surface area (Å²) in [6.07, 6.45) is 0.715. The van der Waals surface area contributed by atoms with Crippen molar-refractivity contribution in [3.8, 4) is 16.9 Å². The number of phenolic OH excluding ortho intramolecular Hbond substituents is 1. The number of aromatic hydroxyl groups is 1. The molecule has 0 aliphatic carbocycles. The van der Waals surface area contributed by atoms with Crippen molar-refractivity contribution < 1.29 is 32.8 Å². The average molecular weight is 471 g/mol. The van der Waals surface area contributed by atoms with E-state index in [9.17, 15) is 28.2 Å². The number of amidine groups is 1. The molecule has 1 amide bonds. The third kappa shape index (κ3) is 7.45. The smallest absolute Gasteiger partial charge is 0.336 e. The number of nitrogens with two attached hydrogens (primary N) is 1. The molecular formula is C22H21N3O7S. The zero-order valence-corrected chi connectivity index (χ0v) is 18.1. The van der Waals surface area contributed by atoms with Crippen molar-refractivity contribution in [2.24, 2.45) is 5.73 Å². The Balaban J connectivity index is 0.000000696. The molecule has 0 heterocycles. The largest absolute Gasteiger partial charge is 0.508 e. The Kier molecular flexibility index (Phi) is 7.89. The Bertz CT molecular complexity index is 1300. The molecule has 11 heteroatoms. The number of anilines is 1. The minimum absolute atomic E-state index is 0.0491. The first-order valence-corrected chi connectivity index (χ1v) is 11.1. The van der Waals surface area contributed by atoms with Crippen LogP contribution in [0.3, 0.4) is 0 Å². The quantitative estimate of drug-likeness (QED) is 0.186. The number of nitrogens with one attached hydrogen (secondary N) is 2. The number of carbonyl (C=O) groups excluding carboxylic acids is 1. The Labute approximate surface area is 189 Å². The van der Waals surface area contributed by atoms with Gasteiger partial charge < -0.3 is 21.3 Å². The van der Waals surface area contributed by atoms with Gasteiger partial charge in [0.15, 0.2) is 0 Å². The SMILES string of the molecule is CS(=O)(=O)O.N=C(N)c1ccc(NC(=O)c2cc(O)ccc2-c2ccccc2C(=O)O)cc1. The number of rotatable bonds is 5. The highest BCUT2D eigenvalue weighted by Gasteiger charge is 2.18. The van der Waals surface area contributed by atoms with E-state index in [2.05, 4.69) is 5.32 Å². The molecule has 0 saturated heterocycles. The van der Waals surface area contributed by atoms with Crippen LogP contribution in [0.1, 0.15) is 26.3 Å². The maximum Gasteiger partial charge on any atom is 0.336 e. The van der Waals surface area contributed by atoms with Gasteiger partial charge in [0.2, 0.25) is 0 Å². The molecule has 3 rings (SSSR count). The zero-order valence-electron chi connectivity index (χ0n) is 17.3. The maximum absolute atomic E-state index is 12.8. The van der Waals surface area contributed by atoms with Crippen molar-refractivity contribution in [3.05, 3.63) is 83.4 Å². The summed E-state index contributed by atoms with van der Waals surface area (Å²) in [5.74, 6) is -1.83. The lowest BCUT2D eigenvalue weighted by molar-refractivity contribution is 0.0697. The molecule has 0 unspecified atom stereocenters. The van der Waals surface area contributed by atoms with Gasteiger partial charge in [0.25, 0.3) is 16.0 Å². The van der Waals surface area contributed by atoms with E-state index < -0.39 is 22.0 Å². The molecular weight excluding hydrogens is 450 g/mol. The van der Waals surface area contributed by atoms with Crippen LogP contribution in [0.2, 0.25) is 0 Å². The Morgan fingerprint density at radius 2 is 1.48 bits per heavy atom. The predicted molar refractivity (Wildman–Crippen MR) is 123 cm³/mol. The van der Waals surface area contributed by atoms with Gasteiger partial charge in [-0.25, -0.2) is 4.79 Å². The second-order valence-electron chi connectivity index (χ2n) is 6.76. The van der Waals surface area contributed by atoms with Gasteiger partial charge in [-0.15, -0.1) is 0 Å². The van der Waals surface area contributed by atoms with Crippen molar-refractivity contribution in [3.63, 3.8) is 0 Å². The standard InChI is InChI=1S/C21H17N3O4.CH4O3S/c22-19(23)12-5-7-13(8-6-12)24-20(26)18-11-14(25)9-10-16(18)15-3-1-2-4-17(15)21(27)28;1-5(2,3)4/h1-11,25H,(H3,22,23)(H,24,26)(H,27,28);1H3,(H,2,3,4). The number of benzene rings is 3. The van der Waals surface area contributed by atoms with E-state index in [1.54, 1.807) is 42.5 Å². The fraction of sp³-hybridized carbons (Fsp3) is 0.0455. The molecule has 172 valence electrons. The number of amides is 1. The van der Waals surface area contributed by atoms with Crippen molar-refractivity contribution in [2.75, 3.05) is 11.6 Å². The molecule has 0 aliphatic rings. The fourth-order valence-corrected chi connectivity index (χ4v) is 2.79. The monoisotopic (exact) mass is 471 g/mol. The third-order valence-corrected chi connectivity index (χ3v) is 4.15. The molecule has 7 N–H and O–H groups in total. The molecule has 0 bridgehead atoms. The van der Waals surface area contributed by atoms with Gasteiger partial charge in [-0.05, 0) is 59.7 Å². The zero-order chi connectivity index (χ0) is 24.8. The number of carboxylic acids is 1. The van der Waals surface area contributed by atoms with Crippen LogP contribution in [-0.2, 0) is 10.1 Å². The maximum atomic E-state index is 12.8. The van der Waals surface area contributed by atoms with E-state index >= 15 is 0 Å². The van der Waals surface area contributed by atoms with Crippen molar-refractivity contribution in [2.45, 2.75) is 0 Å². The topological polar surface area (TPSA) is 191 Å². The van der Waals surface area contributed by atoms with Gasteiger partial charge in [-0.3, -0.25) is 14.8 Å². The van der Waals surface area contributed by atoms with Gasteiger partial charge in [-0.2, -0.15) is 8.42 Å². The summed E-state index contributed by atoms with van der Waals surface area (Å²) in [5.41, 5.74) is 7.33. The highest BCUT2D eigenvalue weighted by atomic mass is 32.2. The van der Waals surface area contributed by atoms with E-state index in [-0.39, 0.29) is 22.7 Å². The van der Waals surface area contributed by atoms with Gasteiger partial charge in [0.05, 0.1) is 17.4 Å². The van der Waals surface area contributed by atoms with E-state index in [1.165, 1.54) is 24.3 Å². The summed E-state index contributed by atoms with van der Waals surface area (Å²) in [6, 6.07) is 16.9. The first-order valence-electron chi connectivity index (χ1n) is 9.21. The van der Waals surface area contributed by atoms with Crippen molar-refractivity contribution in [1.29, 1.82) is 5.41 Å². The number of carbonyl (C=O) groups is 2. The lowest BCUT2D eigenvalue weighted by Crippen LogP contribution is -2.14. The molecule has 33 heavy (non-hydrogen) atoms. The Hall–Kier alpha value is -4.22. The summed E-state index contributed by atoms with van der Waals surface area (Å²) >= 11 is 0. The fourth-order valence-electron chi connectivity index (χ4n) is 2.79. The highest BCUT2D eigenvalue weighted by Crippen LogP contribution is 2.30. The molecule has 10 nitrogen and oxygen atoms in total. The lowest BCUT2D eigenvalue weighted by atomic mass is 9.94. The molecule has 3 aromatic rings. The van der Waals surface area contributed by atoms with Crippen molar-refractivity contribution in [1.82, 2.24) is 0 Å². The van der Waals surface area contributed by atoms with E-state index in [4.69, 9.17) is 15.7 Å². The Morgan fingerprint density at radius 1 is 0.939 bits per heavy atom. The van der Waals surface area contributed by atoms with Crippen LogP contribution in [0.5, 0.6) is 5.75 Å². The number of nitrogen functional groups attached to an aromatic ring is 1. The van der Waals surface area contributed by atoms with Gasteiger partial charge in [-0.1, -0.05) is 18.2 Å². The molecule has 3 aromatic carbocycles. The van der Waals surface area contributed by atoms with E-state index in [0.717, 1.165) is 0 Å². The molecule has 0 aromatic heterocycles. The summed E-state index contributed by atoms with van der Waals surface area (Å²) in [7, 11) is -3.67. The summed E-state index contributed by atoms with van der Waals surface area (Å²) in [4.78, 5) is 24.4. The van der Waals surface area contributed by atoms with Crippen LogP contribution < -0.4 is 11.1 Å². The second-order valence-corrected chi connectivity index (χ2v) is 8.22. The van der Waals surface area contributed by atoms with Gasteiger partial charge in [0.1, 0.15) is 11.6 Å². The number of hydrogen-bond acceptors (Lipinski definition) is 6. The molecule has 0 fully saturated rings. The van der Waals surface area contributed by atoms with Gasteiger partial charge in [0, 0.05) is 11.3 Å². The minimum Gasteiger partial charge on any atom is -0.508 e. The number of carboxylic acid groups (broad SMARTS) is 1. The summed E-state index contributed by atoms with van der Waals surface area (Å²) < 4.78 is 25.9. The normalized spacial score (nSPS) is 10.5. The number of hydrogen-bond donors (Lipinski definition) is 6. The third-order valence-electron chi connectivity index (χ3n) is 4.15. The minimum atomic E-state index is -3.67. The average Bonchev–Trinajstić information content (AvgIpc) is 2.73. The first kappa shape index (κ1) is 25.0.